The Bertz CT molecular complexity index is 655. The van der Waals surface area contributed by atoms with E-state index in [-0.39, 0.29) is 12.1 Å². The number of halogens is 1. The van der Waals surface area contributed by atoms with Crippen LogP contribution in [0.5, 0.6) is 0 Å². The van der Waals surface area contributed by atoms with Crippen molar-refractivity contribution in [2.75, 3.05) is 24.5 Å². The number of hydrogen-bond acceptors (Lipinski definition) is 4. The standard InChI is InChI=1S/C19H27BrN2O3/c1-6-22(17-10-15(20)9-14(12-23)13(17)2)16-7-8-21(11-16)18(24)25-19(3,4)5/h9-10,12,16H,6-8,11H2,1-5H3. The summed E-state index contributed by atoms with van der Waals surface area (Å²) in [6, 6.07) is 4.09. The number of aldehydes is 1. The summed E-state index contributed by atoms with van der Waals surface area (Å²) in [6.07, 6.45) is 1.51. The molecule has 0 N–H and O–H groups in total. The first-order valence-electron chi connectivity index (χ1n) is 8.66. The van der Waals surface area contributed by atoms with E-state index in [1.54, 1.807) is 4.90 Å². The molecule has 1 unspecified atom stereocenters. The number of carbonyl (C=O) groups excluding carboxylic acids is 2. The van der Waals surface area contributed by atoms with E-state index in [4.69, 9.17) is 4.74 Å². The van der Waals surface area contributed by atoms with E-state index < -0.39 is 5.60 Å². The first kappa shape index (κ1) is 19.8. The maximum atomic E-state index is 12.3. The normalized spacial score (nSPS) is 17.5. The van der Waals surface area contributed by atoms with Gasteiger partial charge in [-0.2, -0.15) is 0 Å². The smallest absolute Gasteiger partial charge is 0.410 e. The molecule has 0 spiro atoms. The highest BCUT2D eigenvalue weighted by Crippen LogP contribution is 2.31. The predicted molar refractivity (Wildman–Crippen MR) is 103 cm³/mol. The molecule has 138 valence electrons. The number of ether oxygens (including phenoxy) is 1. The third-order valence-corrected chi connectivity index (χ3v) is 4.88. The molecule has 1 aromatic carbocycles. The van der Waals surface area contributed by atoms with E-state index in [9.17, 15) is 9.59 Å². The molecule has 0 bridgehead atoms. The van der Waals surface area contributed by atoms with Crippen LogP contribution >= 0.6 is 15.9 Å². The number of nitrogens with zero attached hydrogens (tertiary/aromatic N) is 2. The summed E-state index contributed by atoms with van der Waals surface area (Å²) in [6.45, 7) is 11.8. The third kappa shape index (κ3) is 4.75. The molecular weight excluding hydrogens is 384 g/mol. The first-order valence-corrected chi connectivity index (χ1v) is 9.45. The van der Waals surface area contributed by atoms with Gasteiger partial charge in [-0.25, -0.2) is 4.79 Å². The quantitative estimate of drug-likeness (QED) is 0.689. The highest BCUT2D eigenvalue weighted by molar-refractivity contribution is 9.10. The Morgan fingerprint density at radius 1 is 1.44 bits per heavy atom. The summed E-state index contributed by atoms with van der Waals surface area (Å²) in [4.78, 5) is 27.7. The molecule has 1 fully saturated rings. The van der Waals surface area contributed by atoms with Crippen molar-refractivity contribution in [2.45, 2.75) is 52.7 Å². The topological polar surface area (TPSA) is 49.9 Å². The number of likely N-dealkylation sites (tertiary alicyclic amines) is 1. The van der Waals surface area contributed by atoms with E-state index in [1.807, 2.05) is 39.8 Å². The van der Waals surface area contributed by atoms with Crippen molar-refractivity contribution in [2.24, 2.45) is 0 Å². The highest BCUT2D eigenvalue weighted by atomic mass is 79.9. The van der Waals surface area contributed by atoms with Gasteiger partial charge in [0.15, 0.2) is 0 Å². The molecule has 1 aliphatic rings. The van der Waals surface area contributed by atoms with Gasteiger partial charge in [0.1, 0.15) is 11.9 Å². The Morgan fingerprint density at radius 2 is 2.12 bits per heavy atom. The molecule has 5 nitrogen and oxygen atoms in total. The van der Waals surface area contributed by atoms with Crippen molar-refractivity contribution in [3.8, 4) is 0 Å². The fourth-order valence-electron chi connectivity index (χ4n) is 3.22. The molecular formula is C19H27BrN2O3. The number of rotatable bonds is 4. The third-order valence-electron chi connectivity index (χ3n) is 4.42. The first-order chi connectivity index (χ1) is 11.7. The second kappa shape index (κ2) is 7.77. The van der Waals surface area contributed by atoms with Crippen LogP contribution in [0.15, 0.2) is 16.6 Å². The molecule has 0 aliphatic carbocycles. The van der Waals surface area contributed by atoms with Crippen molar-refractivity contribution in [3.63, 3.8) is 0 Å². The molecule has 1 aromatic rings. The second-order valence-electron chi connectivity index (χ2n) is 7.41. The van der Waals surface area contributed by atoms with Crippen molar-refractivity contribution in [3.05, 3.63) is 27.7 Å². The van der Waals surface area contributed by atoms with Gasteiger partial charge in [-0.15, -0.1) is 0 Å². The zero-order chi connectivity index (χ0) is 18.8. The van der Waals surface area contributed by atoms with Crippen LogP contribution in [-0.2, 0) is 4.74 Å². The number of carbonyl (C=O) groups is 2. The second-order valence-corrected chi connectivity index (χ2v) is 8.33. The lowest BCUT2D eigenvalue weighted by Crippen LogP contribution is -2.41. The van der Waals surface area contributed by atoms with E-state index in [0.29, 0.717) is 18.7 Å². The minimum absolute atomic E-state index is 0.213. The number of benzene rings is 1. The summed E-state index contributed by atoms with van der Waals surface area (Å²) in [5, 5.41) is 0. The molecule has 1 heterocycles. The van der Waals surface area contributed by atoms with Crippen LogP contribution in [-0.4, -0.2) is 48.6 Å². The van der Waals surface area contributed by atoms with E-state index >= 15 is 0 Å². The maximum absolute atomic E-state index is 12.3. The van der Waals surface area contributed by atoms with Gasteiger partial charge in [-0.05, 0) is 58.7 Å². The van der Waals surface area contributed by atoms with Crippen LogP contribution in [0.4, 0.5) is 10.5 Å². The van der Waals surface area contributed by atoms with Crippen LogP contribution in [0.1, 0.15) is 50.0 Å². The summed E-state index contributed by atoms with van der Waals surface area (Å²) in [5.74, 6) is 0. The molecule has 1 atom stereocenters. The summed E-state index contributed by atoms with van der Waals surface area (Å²) in [5.41, 5.74) is 2.20. The maximum Gasteiger partial charge on any atom is 0.410 e. The Kier molecular flexibility index (Phi) is 6.14. The minimum Gasteiger partial charge on any atom is -0.444 e. The lowest BCUT2D eigenvalue weighted by molar-refractivity contribution is 0.0292. The lowest BCUT2D eigenvalue weighted by atomic mass is 10.0. The molecule has 1 aliphatic heterocycles. The number of amides is 1. The van der Waals surface area contributed by atoms with Crippen LogP contribution < -0.4 is 4.90 Å². The number of likely N-dealkylation sites (N-methyl/N-ethyl adjacent to an activating group) is 1. The van der Waals surface area contributed by atoms with Crippen molar-refractivity contribution >= 4 is 34.0 Å². The fraction of sp³-hybridized carbons (Fsp3) is 0.579. The fourth-order valence-corrected chi connectivity index (χ4v) is 3.68. The summed E-state index contributed by atoms with van der Waals surface area (Å²) < 4.78 is 6.37. The van der Waals surface area contributed by atoms with Crippen molar-refractivity contribution in [1.29, 1.82) is 0 Å². The Balaban J connectivity index is 2.19. The van der Waals surface area contributed by atoms with E-state index in [0.717, 1.165) is 35.0 Å². The molecule has 6 heteroatoms. The molecule has 1 amide bonds. The van der Waals surface area contributed by atoms with Gasteiger partial charge in [-0.3, -0.25) is 4.79 Å². The van der Waals surface area contributed by atoms with Crippen LogP contribution in [0.2, 0.25) is 0 Å². The van der Waals surface area contributed by atoms with E-state index in [2.05, 4.69) is 27.8 Å². The number of anilines is 1. The highest BCUT2D eigenvalue weighted by Gasteiger charge is 2.33. The molecule has 25 heavy (non-hydrogen) atoms. The van der Waals surface area contributed by atoms with Gasteiger partial charge in [0, 0.05) is 41.4 Å². The Morgan fingerprint density at radius 3 is 2.68 bits per heavy atom. The van der Waals surface area contributed by atoms with Crippen molar-refractivity contribution < 1.29 is 14.3 Å². The van der Waals surface area contributed by atoms with Gasteiger partial charge in [0.2, 0.25) is 0 Å². The van der Waals surface area contributed by atoms with E-state index in [1.165, 1.54) is 0 Å². The predicted octanol–water partition coefficient (Wildman–Crippen LogP) is 4.41. The van der Waals surface area contributed by atoms with Crippen molar-refractivity contribution in [1.82, 2.24) is 4.90 Å². The summed E-state index contributed by atoms with van der Waals surface area (Å²) >= 11 is 3.49. The molecule has 0 aromatic heterocycles. The zero-order valence-electron chi connectivity index (χ0n) is 15.6. The van der Waals surface area contributed by atoms with Gasteiger partial charge in [0.05, 0.1) is 0 Å². The largest absolute Gasteiger partial charge is 0.444 e. The van der Waals surface area contributed by atoms with Crippen LogP contribution in [0.3, 0.4) is 0 Å². The molecule has 1 saturated heterocycles. The summed E-state index contributed by atoms with van der Waals surface area (Å²) in [7, 11) is 0. The monoisotopic (exact) mass is 410 g/mol. The average molecular weight is 411 g/mol. The van der Waals surface area contributed by atoms with Gasteiger partial charge in [0.25, 0.3) is 0 Å². The van der Waals surface area contributed by atoms with Crippen LogP contribution in [0, 0.1) is 6.92 Å². The average Bonchev–Trinajstić information content (AvgIpc) is 2.99. The molecule has 0 radical (unpaired) electrons. The minimum atomic E-state index is -0.487. The SMILES string of the molecule is CCN(c1cc(Br)cc(C=O)c1C)C1CCN(C(=O)OC(C)(C)C)C1. The van der Waals surface area contributed by atoms with Crippen LogP contribution in [0.25, 0.3) is 0 Å². The lowest BCUT2D eigenvalue weighted by Gasteiger charge is -2.32. The van der Waals surface area contributed by atoms with Gasteiger partial charge < -0.3 is 14.5 Å². The van der Waals surface area contributed by atoms with Gasteiger partial charge in [-0.1, -0.05) is 15.9 Å². The molecule has 2 rings (SSSR count). The Labute approximate surface area is 158 Å². The Hall–Kier alpha value is -1.56. The molecule has 0 saturated carbocycles. The number of hydrogen-bond donors (Lipinski definition) is 0. The van der Waals surface area contributed by atoms with Gasteiger partial charge >= 0.3 is 6.09 Å². The zero-order valence-corrected chi connectivity index (χ0v) is 17.2.